The Kier molecular flexibility index (Phi) is 7.42. The van der Waals surface area contributed by atoms with E-state index < -0.39 is 0 Å². The SMILES string of the molecule is CCc1nsc(N2CCC(N3CCC4(CC3)C[C@H](N(CCOC)C(C)=O)c3ccccc34)CC2)n1. The molecule has 5 rings (SSSR count). The van der Waals surface area contributed by atoms with Gasteiger partial charge in [0.25, 0.3) is 0 Å². The van der Waals surface area contributed by atoms with Crippen LogP contribution >= 0.6 is 11.5 Å². The number of aryl methyl sites for hydroxylation is 1. The predicted molar refractivity (Wildman–Crippen MR) is 140 cm³/mol. The van der Waals surface area contributed by atoms with Crippen molar-refractivity contribution in [3.8, 4) is 0 Å². The van der Waals surface area contributed by atoms with E-state index >= 15 is 0 Å². The molecule has 7 nitrogen and oxygen atoms in total. The van der Waals surface area contributed by atoms with Crippen LogP contribution in [0.2, 0.25) is 0 Å². The first-order chi connectivity index (χ1) is 17.0. The van der Waals surface area contributed by atoms with Gasteiger partial charge in [0, 0.05) is 63.1 Å². The smallest absolute Gasteiger partial charge is 0.220 e. The monoisotopic (exact) mass is 497 g/mol. The van der Waals surface area contributed by atoms with E-state index in [2.05, 4.69) is 45.4 Å². The standard InChI is InChI=1S/C27H39N5O2S/c1-4-25-28-26(35-29-25)31-13-9-21(10-14-31)30-15-11-27(12-16-30)19-24(22-7-5-6-8-23(22)27)32(20(2)33)17-18-34-3/h5-8,21,24H,4,9-19H2,1-3H3/t24-/m0/s1. The first-order valence-electron chi connectivity index (χ1n) is 13.2. The van der Waals surface area contributed by atoms with Gasteiger partial charge in [-0.05, 0) is 56.3 Å². The van der Waals surface area contributed by atoms with E-state index in [0.717, 1.165) is 50.0 Å². The van der Waals surface area contributed by atoms with E-state index in [-0.39, 0.29) is 17.4 Å². The number of aromatic nitrogens is 2. The third-order valence-electron chi connectivity index (χ3n) is 8.57. The Balaban J connectivity index is 1.23. The summed E-state index contributed by atoms with van der Waals surface area (Å²) in [6, 6.07) is 9.69. The Bertz CT molecular complexity index is 1010. The molecule has 0 saturated carbocycles. The first kappa shape index (κ1) is 24.7. The highest BCUT2D eigenvalue weighted by Gasteiger charge is 2.48. The number of rotatable bonds is 7. The highest BCUT2D eigenvalue weighted by Crippen LogP contribution is 2.53. The van der Waals surface area contributed by atoms with Crippen LogP contribution in [0, 0.1) is 0 Å². The number of piperidine rings is 2. The van der Waals surface area contributed by atoms with Gasteiger partial charge in [0.2, 0.25) is 11.0 Å². The second-order valence-corrected chi connectivity index (χ2v) is 11.1. The van der Waals surface area contributed by atoms with Gasteiger partial charge in [-0.25, -0.2) is 4.98 Å². The van der Waals surface area contributed by atoms with E-state index in [1.54, 1.807) is 25.6 Å². The Hall–Kier alpha value is -2.03. The molecule has 1 spiro atoms. The average molecular weight is 498 g/mol. The van der Waals surface area contributed by atoms with Crippen LogP contribution in [-0.2, 0) is 21.4 Å². The van der Waals surface area contributed by atoms with Gasteiger partial charge >= 0.3 is 0 Å². The van der Waals surface area contributed by atoms with Crippen LogP contribution in [0.4, 0.5) is 5.13 Å². The molecule has 1 aromatic carbocycles. The number of carbonyl (C=O) groups excluding carboxylic acids is 1. The van der Waals surface area contributed by atoms with Crippen LogP contribution in [0.5, 0.6) is 0 Å². The van der Waals surface area contributed by atoms with Gasteiger partial charge < -0.3 is 19.4 Å². The van der Waals surface area contributed by atoms with Gasteiger partial charge in [0.15, 0.2) is 0 Å². The van der Waals surface area contributed by atoms with Gasteiger partial charge in [0.05, 0.1) is 12.6 Å². The summed E-state index contributed by atoms with van der Waals surface area (Å²) in [5.41, 5.74) is 3.01. The molecule has 0 N–H and O–H groups in total. The van der Waals surface area contributed by atoms with Gasteiger partial charge in [-0.3, -0.25) is 4.79 Å². The third kappa shape index (κ3) is 4.85. The second kappa shape index (κ2) is 10.5. The molecule has 0 unspecified atom stereocenters. The van der Waals surface area contributed by atoms with Gasteiger partial charge in [0.1, 0.15) is 5.82 Å². The highest BCUT2D eigenvalue weighted by atomic mass is 32.1. The number of nitrogens with zero attached hydrogens (tertiary/aromatic N) is 5. The van der Waals surface area contributed by atoms with Crippen molar-refractivity contribution in [1.82, 2.24) is 19.2 Å². The summed E-state index contributed by atoms with van der Waals surface area (Å²) >= 11 is 1.55. The van der Waals surface area contributed by atoms with E-state index in [1.807, 2.05) is 4.90 Å². The number of fused-ring (bicyclic) bond motifs is 2. The molecular weight excluding hydrogens is 458 g/mol. The molecule has 1 amide bonds. The highest BCUT2D eigenvalue weighted by molar-refractivity contribution is 7.09. The van der Waals surface area contributed by atoms with Crippen molar-refractivity contribution >= 4 is 22.6 Å². The molecule has 35 heavy (non-hydrogen) atoms. The predicted octanol–water partition coefficient (Wildman–Crippen LogP) is 4.04. The normalized spacial score (nSPS) is 22.5. The third-order valence-corrected chi connectivity index (χ3v) is 9.39. The Labute approximate surface area is 213 Å². The van der Waals surface area contributed by atoms with Crippen molar-refractivity contribution in [2.75, 3.05) is 51.3 Å². The van der Waals surface area contributed by atoms with Crippen molar-refractivity contribution in [1.29, 1.82) is 0 Å². The summed E-state index contributed by atoms with van der Waals surface area (Å²) in [5, 5.41) is 1.09. The lowest BCUT2D eigenvalue weighted by molar-refractivity contribution is -0.132. The van der Waals surface area contributed by atoms with E-state index in [0.29, 0.717) is 19.2 Å². The van der Waals surface area contributed by atoms with Crippen molar-refractivity contribution < 1.29 is 9.53 Å². The summed E-state index contributed by atoms with van der Waals surface area (Å²) in [4.78, 5) is 24.5. The van der Waals surface area contributed by atoms with E-state index in [9.17, 15) is 4.79 Å². The van der Waals surface area contributed by atoms with Crippen molar-refractivity contribution in [3.05, 3.63) is 41.2 Å². The topological polar surface area (TPSA) is 61.8 Å². The second-order valence-electron chi connectivity index (χ2n) is 10.4. The molecule has 3 aliphatic rings. The number of ether oxygens (including phenoxy) is 1. The molecule has 2 aromatic rings. The number of anilines is 1. The summed E-state index contributed by atoms with van der Waals surface area (Å²) < 4.78 is 9.79. The molecule has 2 saturated heterocycles. The lowest BCUT2D eigenvalue weighted by Gasteiger charge is -2.45. The summed E-state index contributed by atoms with van der Waals surface area (Å²) in [6.07, 6.45) is 6.69. The Morgan fingerprint density at radius 3 is 2.60 bits per heavy atom. The molecule has 0 radical (unpaired) electrons. The fourth-order valence-corrected chi connectivity index (χ4v) is 7.39. The lowest BCUT2D eigenvalue weighted by Crippen LogP contribution is -2.50. The number of benzene rings is 1. The number of hydrogen-bond donors (Lipinski definition) is 0. The number of carbonyl (C=O) groups is 1. The van der Waals surface area contributed by atoms with Crippen molar-refractivity contribution in [2.24, 2.45) is 0 Å². The molecule has 2 fully saturated rings. The molecule has 8 heteroatoms. The van der Waals surface area contributed by atoms with Crippen LogP contribution in [-0.4, -0.2) is 77.5 Å². The van der Waals surface area contributed by atoms with Crippen LogP contribution in [0.1, 0.15) is 68.9 Å². The zero-order valence-electron chi connectivity index (χ0n) is 21.4. The van der Waals surface area contributed by atoms with E-state index in [4.69, 9.17) is 9.72 Å². The van der Waals surface area contributed by atoms with E-state index in [1.165, 1.54) is 36.8 Å². The van der Waals surface area contributed by atoms with Gasteiger partial charge in [-0.1, -0.05) is 31.2 Å². The maximum atomic E-state index is 12.6. The van der Waals surface area contributed by atoms with Crippen LogP contribution < -0.4 is 4.90 Å². The van der Waals surface area contributed by atoms with Gasteiger partial charge in [-0.15, -0.1) is 0 Å². The Morgan fingerprint density at radius 2 is 1.94 bits per heavy atom. The maximum absolute atomic E-state index is 12.6. The number of amides is 1. The molecule has 3 heterocycles. The fraction of sp³-hybridized carbons (Fsp3) is 0.667. The minimum atomic E-state index is 0.143. The Morgan fingerprint density at radius 1 is 1.20 bits per heavy atom. The number of likely N-dealkylation sites (tertiary alicyclic amines) is 1. The minimum absolute atomic E-state index is 0.143. The summed E-state index contributed by atoms with van der Waals surface area (Å²) in [7, 11) is 1.71. The average Bonchev–Trinajstić information content (AvgIpc) is 3.49. The number of methoxy groups -OCH3 is 1. The summed E-state index contributed by atoms with van der Waals surface area (Å²) in [5.74, 6) is 1.11. The zero-order chi connectivity index (χ0) is 24.4. The molecule has 1 aliphatic carbocycles. The van der Waals surface area contributed by atoms with Crippen molar-refractivity contribution in [3.63, 3.8) is 0 Å². The summed E-state index contributed by atoms with van der Waals surface area (Å²) in [6.45, 7) is 9.47. The molecule has 190 valence electrons. The fourth-order valence-electron chi connectivity index (χ4n) is 6.59. The van der Waals surface area contributed by atoms with Crippen molar-refractivity contribution in [2.45, 2.75) is 69.9 Å². The van der Waals surface area contributed by atoms with Crippen LogP contribution in [0.15, 0.2) is 24.3 Å². The first-order valence-corrected chi connectivity index (χ1v) is 14.0. The minimum Gasteiger partial charge on any atom is -0.383 e. The largest absolute Gasteiger partial charge is 0.383 e. The van der Waals surface area contributed by atoms with Crippen LogP contribution in [0.3, 0.4) is 0 Å². The zero-order valence-corrected chi connectivity index (χ0v) is 22.2. The molecular formula is C27H39N5O2S. The molecule has 1 atom stereocenters. The number of hydrogen-bond acceptors (Lipinski definition) is 7. The quantitative estimate of drug-likeness (QED) is 0.575. The molecule has 2 aliphatic heterocycles. The van der Waals surface area contributed by atoms with Crippen LogP contribution in [0.25, 0.3) is 0 Å². The van der Waals surface area contributed by atoms with Gasteiger partial charge in [-0.2, -0.15) is 4.37 Å². The molecule has 1 aromatic heterocycles. The maximum Gasteiger partial charge on any atom is 0.220 e. The molecule has 0 bridgehead atoms. The lowest BCUT2D eigenvalue weighted by atomic mass is 9.73.